The van der Waals surface area contributed by atoms with Crippen LogP contribution in [0.1, 0.15) is 31.4 Å². The zero-order chi connectivity index (χ0) is 21.3. The van der Waals surface area contributed by atoms with Crippen LogP contribution in [-0.2, 0) is 0 Å². The third kappa shape index (κ3) is 6.03. The largest absolute Gasteiger partial charge is 0.497 e. The molecule has 30 heavy (non-hydrogen) atoms. The molecule has 7 nitrogen and oxygen atoms in total. The fourth-order valence-electron chi connectivity index (χ4n) is 3.51. The monoisotopic (exact) mass is 432 g/mol. The van der Waals surface area contributed by atoms with Crippen molar-refractivity contribution in [2.24, 2.45) is 4.99 Å². The number of aliphatic hydroxyl groups excluding tert-OH is 1. The summed E-state index contributed by atoms with van der Waals surface area (Å²) in [5.74, 6) is 2.03. The number of hydrogen-bond acceptors (Lipinski definition) is 6. The number of hydrogen-bond donors (Lipinski definition) is 3. The van der Waals surface area contributed by atoms with Crippen LogP contribution in [0, 0.1) is 0 Å². The zero-order valence-corrected chi connectivity index (χ0v) is 18.7. The van der Waals surface area contributed by atoms with Crippen molar-refractivity contribution in [2.75, 3.05) is 45.3 Å². The molecule has 0 saturated carbocycles. The van der Waals surface area contributed by atoms with E-state index in [1.807, 2.05) is 19.1 Å². The Morgan fingerprint density at radius 2 is 1.93 bits per heavy atom. The van der Waals surface area contributed by atoms with Gasteiger partial charge in [0.15, 0.2) is 5.96 Å². The van der Waals surface area contributed by atoms with E-state index in [9.17, 15) is 5.11 Å². The Labute approximate surface area is 182 Å². The fraction of sp³-hybridized carbons (Fsp3) is 0.500. The van der Waals surface area contributed by atoms with Gasteiger partial charge in [0.05, 0.1) is 31.9 Å². The van der Waals surface area contributed by atoms with Crippen LogP contribution in [0.2, 0.25) is 0 Å². The zero-order valence-electron chi connectivity index (χ0n) is 17.9. The number of anilines is 1. The molecular formula is C22H32N4O3S. The summed E-state index contributed by atoms with van der Waals surface area (Å²) in [7, 11) is 3.19. The maximum absolute atomic E-state index is 10.6. The molecule has 1 saturated heterocycles. The van der Waals surface area contributed by atoms with Gasteiger partial charge in [-0.1, -0.05) is 0 Å². The maximum Gasteiger partial charge on any atom is 0.191 e. The normalized spacial score (nSPS) is 16.3. The van der Waals surface area contributed by atoms with E-state index in [1.54, 1.807) is 31.6 Å². The van der Waals surface area contributed by atoms with Gasteiger partial charge >= 0.3 is 0 Å². The van der Waals surface area contributed by atoms with Crippen molar-refractivity contribution in [3.8, 4) is 11.5 Å². The minimum Gasteiger partial charge on any atom is -0.497 e. The van der Waals surface area contributed by atoms with Crippen LogP contribution in [0.4, 0.5) is 5.00 Å². The Bertz CT molecular complexity index is 782. The van der Waals surface area contributed by atoms with Gasteiger partial charge in [0.1, 0.15) is 11.5 Å². The van der Waals surface area contributed by atoms with Gasteiger partial charge in [0.25, 0.3) is 0 Å². The highest BCUT2D eigenvalue weighted by atomic mass is 32.1. The lowest BCUT2D eigenvalue weighted by atomic mass is 10.1. The number of guanidine groups is 1. The lowest BCUT2D eigenvalue weighted by Crippen LogP contribution is -2.48. The van der Waals surface area contributed by atoms with Crippen LogP contribution >= 0.6 is 11.3 Å². The number of aliphatic imine (C=N–C) groups is 1. The van der Waals surface area contributed by atoms with E-state index >= 15 is 0 Å². The Hall–Kier alpha value is -2.45. The fourth-order valence-corrected chi connectivity index (χ4v) is 4.30. The number of thiophene rings is 1. The van der Waals surface area contributed by atoms with E-state index in [2.05, 4.69) is 38.0 Å². The first-order chi connectivity index (χ1) is 14.6. The lowest BCUT2D eigenvalue weighted by Gasteiger charge is -2.33. The number of piperidine rings is 1. The van der Waals surface area contributed by atoms with E-state index in [0.717, 1.165) is 44.0 Å². The average Bonchev–Trinajstić information content (AvgIpc) is 3.32. The molecule has 1 aromatic heterocycles. The van der Waals surface area contributed by atoms with Gasteiger partial charge in [-0.15, -0.1) is 11.3 Å². The number of methoxy groups -OCH3 is 2. The molecule has 0 amide bonds. The molecule has 0 spiro atoms. The highest BCUT2D eigenvalue weighted by molar-refractivity contribution is 7.14. The second kappa shape index (κ2) is 11.1. The Balaban J connectivity index is 1.58. The smallest absolute Gasteiger partial charge is 0.191 e. The number of benzene rings is 1. The van der Waals surface area contributed by atoms with E-state index < -0.39 is 6.10 Å². The molecule has 164 valence electrons. The molecule has 3 N–H and O–H groups in total. The highest BCUT2D eigenvalue weighted by Gasteiger charge is 2.21. The highest BCUT2D eigenvalue weighted by Crippen LogP contribution is 2.27. The quantitative estimate of drug-likeness (QED) is 0.440. The van der Waals surface area contributed by atoms with Crippen LogP contribution in [0.5, 0.6) is 11.5 Å². The summed E-state index contributed by atoms with van der Waals surface area (Å²) in [4.78, 5) is 7.05. The summed E-state index contributed by atoms with van der Waals surface area (Å²) in [6.45, 7) is 5.12. The summed E-state index contributed by atoms with van der Waals surface area (Å²) >= 11 is 1.79. The summed E-state index contributed by atoms with van der Waals surface area (Å²) in [6.07, 6.45) is 1.36. The molecule has 1 aliphatic rings. The third-order valence-corrected chi connectivity index (χ3v) is 6.11. The van der Waals surface area contributed by atoms with E-state index in [1.165, 1.54) is 5.00 Å². The van der Waals surface area contributed by atoms with Crippen LogP contribution in [0.15, 0.2) is 40.7 Å². The molecule has 1 aromatic carbocycles. The van der Waals surface area contributed by atoms with Crippen molar-refractivity contribution in [2.45, 2.75) is 31.9 Å². The number of nitrogens with one attached hydrogen (secondary N) is 2. The lowest BCUT2D eigenvalue weighted by molar-refractivity contribution is 0.186. The molecule has 1 atom stereocenters. The number of rotatable bonds is 8. The van der Waals surface area contributed by atoms with Gasteiger partial charge in [0.2, 0.25) is 0 Å². The van der Waals surface area contributed by atoms with Gasteiger partial charge < -0.3 is 30.1 Å². The van der Waals surface area contributed by atoms with Crippen LogP contribution in [-0.4, -0.2) is 57.5 Å². The standard InChI is InChI=1S/C22H32N4O3S/c1-4-23-22(25-17-7-9-26(10-8-17)21-6-5-11-30-21)24-15-20(27)16-12-18(28-2)14-19(13-16)29-3/h5-6,11-14,17,20,27H,4,7-10,15H2,1-3H3,(H2,23,24,25). The van der Waals surface area contributed by atoms with Crippen LogP contribution in [0.25, 0.3) is 0 Å². The molecule has 3 rings (SSSR count). The first-order valence-electron chi connectivity index (χ1n) is 10.4. The van der Waals surface area contributed by atoms with Crippen molar-refractivity contribution in [3.05, 3.63) is 41.3 Å². The second-order valence-electron chi connectivity index (χ2n) is 7.24. The molecule has 0 bridgehead atoms. The molecule has 1 fully saturated rings. The Kier molecular flexibility index (Phi) is 8.21. The van der Waals surface area contributed by atoms with Crippen LogP contribution in [0.3, 0.4) is 0 Å². The predicted octanol–water partition coefficient (Wildman–Crippen LogP) is 3.02. The third-order valence-electron chi connectivity index (χ3n) is 5.18. The first kappa shape index (κ1) is 22.2. The number of aliphatic hydroxyl groups is 1. The summed E-state index contributed by atoms with van der Waals surface area (Å²) in [5, 5.41) is 20.9. The minimum atomic E-state index is -0.745. The second-order valence-corrected chi connectivity index (χ2v) is 8.16. The van der Waals surface area contributed by atoms with Crippen molar-refractivity contribution in [1.29, 1.82) is 0 Å². The molecule has 0 radical (unpaired) electrons. The predicted molar refractivity (Wildman–Crippen MR) is 123 cm³/mol. The Morgan fingerprint density at radius 3 is 2.50 bits per heavy atom. The Morgan fingerprint density at radius 1 is 1.23 bits per heavy atom. The first-order valence-corrected chi connectivity index (χ1v) is 11.2. The molecule has 2 aromatic rings. The van der Waals surface area contributed by atoms with E-state index in [4.69, 9.17) is 9.47 Å². The number of ether oxygens (including phenoxy) is 2. The maximum atomic E-state index is 10.6. The molecule has 1 unspecified atom stereocenters. The van der Waals surface area contributed by atoms with E-state index in [0.29, 0.717) is 17.5 Å². The SMILES string of the molecule is CCNC(=NCC(O)c1cc(OC)cc(OC)c1)NC1CCN(c2cccs2)CC1. The molecule has 1 aliphatic heterocycles. The van der Waals surface area contributed by atoms with Gasteiger partial charge in [0, 0.05) is 31.7 Å². The minimum absolute atomic E-state index is 0.250. The van der Waals surface area contributed by atoms with Crippen LogP contribution < -0.4 is 25.0 Å². The van der Waals surface area contributed by atoms with Gasteiger partial charge in [-0.05, 0) is 55.0 Å². The van der Waals surface area contributed by atoms with Crippen molar-refractivity contribution in [1.82, 2.24) is 10.6 Å². The molecule has 8 heteroatoms. The van der Waals surface area contributed by atoms with Crippen molar-refractivity contribution < 1.29 is 14.6 Å². The molecular weight excluding hydrogens is 400 g/mol. The van der Waals surface area contributed by atoms with E-state index in [-0.39, 0.29) is 6.54 Å². The van der Waals surface area contributed by atoms with Gasteiger partial charge in [-0.25, -0.2) is 0 Å². The summed E-state index contributed by atoms with van der Waals surface area (Å²) in [5.41, 5.74) is 0.718. The average molecular weight is 433 g/mol. The number of nitrogens with zero attached hydrogens (tertiary/aromatic N) is 2. The summed E-state index contributed by atoms with van der Waals surface area (Å²) in [6, 6.07) is 10.1. The van der Waals surface area contributed by atoms with Crippen molar-refractivity contribution >= 4 is 22.3 Å². The topological polar surface area (TPSA) is 78.4 Å². The molecule has 2 heterocycles. The van der Waals surface area contributed by atoms with Gasteiger partial charge in [-0.2, -0.15) is 0 Å². The molecule has 0 aliphatic carbocycles. The van der Waals surface area contributed by atoms with Crippen molar-refractivity contribution in [3.63, 3.8) is 0 Å². The summed E-state index contributed by atoms with van der Waals surface area (Å²) < 4.78 is 10.6. The van der Waals surface area contributed by atoms with Gasteiger partial charge in [-0.3, -0.25) is 4.99 Å².